The lowest BCUT2D eigenvalue weighted by Gasteiger charge is -2.45. The molecule has 2 aliphatic heterocycles. The van der Waals surface area contributed by atoms with E-state index >= 15 is 0 Å². The summed E-state index contributed by atoms with van der Waals surface area (Å²) in [6.45, 7) is 2.16. The Labute approximate surface area is 136 Å². The minimum absolute atomic E-state index is 0.0223. The lowest BCUT2D eigenvalue weighted by Crippen LogP contribution is -2.51. The fraction of sp³-hybridized carbons (Fsp3) is 0.647. The Morgan fingerprint density at radius 3 is 2.74 bits per heavy atom. The Bertz CT molecular complexity index is 538. The van der Waals surface area contributed by atoms with Crippen molar-refractivity contribution in [3.8, 4) is 5.88 Å². The molecule has 126 valence electrons. The van der Waals surface area contributed by atoms with Gasteiger partial charge in [-0.2, -0.15) is 0 Å². The number of likely N-dealkylation sites (tertiary alicyclic amines) is 1. The molecule has 0 bridgehead atoms. The number of ether oxygens (including phenoxy) is 3. The predicted octanol–water partition coefficient (Wildman–Crippen LogP) is 1.89. The number of rotatable bonds is 3. The van der Waals surface area contributed by atoms with Crippen molar-refractivity contribution in [2.75, 3.05) is 33.9 Å². The third kappa shape index (κ3) is 3.48. The van der Waals surface area contributed by atoms with Crippen molar-refractivity contribution in [2.24, 2.45) is 0 Å². The molecule has 1 amide bonds. The number of nitrogens with zero attached hydrogens (tertiary/aromatic N) is 2. The van der Waals surface area contributed by atoms with Crippen LogP contribution in [0.1, 0.15) is 36.0 Å². The number of hydrogen-bond acceptors (Lipinski definition) is 5. The van der Waals surface area contributed by atoms with Gasteiger partial charge in [0.05, 0.1) is 24.4 Å². The summed E-state index contributed by atoms with van der Waals surface area (Å²) in [4.78, 5) is 18.6. The maximum Gasteiger partial charge on any atom is 0.255 e. The third-order valence-electron chi connectivity index (χ3n) is 4.94. The van der Waals surface area contributed by atoms with Crippen LogP contribution in [-0.2, 0) is 9.47 Å². The van der Waals surface area contributed by atoms with Gasteiger partial charge >= 0.3 is 0 Å². The maximum atomic E-state index is 12.6. The number of amides is 1. The molecule has 6 heteroatoms. The second-order valence-electron chi connectivity index (χ2n) is 6.26. The summed E-state index contributed by atoms with van der Waals surface area (Å²) in [5.74, 6) is 0.537. The number of aromatic nitrogens is 1. The van der Waals surface area contributed by atoms with E-state index in [1.165, 1.54) is 0 Å². The molecule has 1 unspecified atom stereocenters. The lowest BCUT2D eigenvalue weighted by atomic mass is 9.83. The Hall–Kier alpha value is -1.66. The normalized spacial score (nSPS) is 23.7. The summed E-state index contributed by atoms with van der Waals surface area (Å²) in [6.07, 6.45) is 5.46. The molecular formula is C17H24N2O4. The number of pyridine rings is 1. The van der Waals surface area contributed by atoms with Gasteiger partial charge in [-0.3, -0.25) is 4.79 Å². The van der Waals surface area contributed by atoms with Crippen LogP contribution in [0.15, 0.2) is 18.3 Å². The van der Waals surface area contributed by atoms with Gasteiger partial charge in [-0.25, -0.2) is 4.98 Å². The van der Waals surface area contributed by atoms with Crippen LogP contribution in [0.3, 0.4) is 0 Å². The summed E-state index contributed by atoms with van der Waals surface area (Å²) in [6, 6.07) is 3.47. The second kappa shape index (κ2) is 6.84. The number of hydrogen-bond donors (Lipinski definition) is 0. The minimum Gasteiger partial charge on any atom is -0.481 e. The van der Waals surface area contributed by atoms with Gasteiger partial charge in [0.2, 0.25) is 5.88 Å². The highest BCUT2D eigenvalue weighted by molar-refractivity contribution is 5.94. The molecule has 0 aliphatic carbocycles. The molecule has 0 saturated carbocycles. The zero-order valence-electron chi connectivity index (χ0n) is 13.8. The van der Waals surface area contributed by atoms with Crippen LogP contribution in [0.2, 0.25) is 0 Å². The van der Waals surface area contributed by atoms with E-state index in [1.54, 1.807) is 32.5 Å². The molecule has 3 rings (SSSR count). The van der Waals surface area contributed by atoms with E-state index in [1.807, 2.05) is 4.90 Å². The average Bonchev–Trinajstić information content (AvgIpc) is 2.62. The summed E-state index contributed by atoms with van der Waals surface area (Å²) < 4.78 is 16.6. The minimum atomic E-state index is -0.117. The smallest absolute Gasteiger partial charge is 0.255 e. The fourth-order valence-corrected chi connectivity index (χ4v) is 3.46. The molecule has 2 fully saturated rings. The Kier molecular flexibility index (Phi) is 4.82. The van der Waals surface area contributed by atoms with Crippen molar-refractivity contribution >= 4 is 5.91 Å². The summed E-state index contributed by atoms with van der Waals surface area (Å²) in [7, 11) is 3.32. The molecule has 2 aliphatic rings. The Morgan fingerprint density at radius 2 is 2.13 bits per heavy atom. The highest BCUT2D eigenvalue weighted by Crippen LogP contribution is 2.36. The van der Waals surface area contributed by atoms with Crippen LogP contribution >= 0.6 is 0 Å². The molecule has 0 radical (unpaired) electrons. The van der Waals surface area contributed by atoms with Crippen molar-refractivity contribution in [2.45, 2.75) is 37.4 Å². The van der Waals surface area contributed by atoms with Crippen LogP contribution in [0.25, 0.3) is 0 Å². The van der Waals surface area contributed by atoms with E-state index in [0.717, 1.165) is 32.3 Å². The lowest BCUT2D eigenvalue weighted by molar-refractivity contribution is -0.146. The largest absolute Gasteiger partial charge is 0.481 e. The molecule has 1 spiro atoms. The van der Waals surface area contributed by atoms with E-state index in [4.69, 9.17) is 14.2 Å². The first-order chi connectivity index (χ1) is 11.2. The van der Waals surface area contributed by atoms with Gasteiger partial charge in [-0.05, 0) is 25.3 Å². The number of methoxy groups -OCH3 is 2. The van der Waals surface area contributed by atoms with E-state index in [2.05, 4.69) is 4.98 Å². The topological polar surface area (TPSA) is 60.9 Å². The SMILES string of the molecule is COc1ccc(C(=O)N2CCC3(CC2)CC(OC)CCO3)cn1. The highest BCUT2D eigenvalue weighted by atomic mass is 16.5. The van der Waals surface area contributed by atoms with Gasteiger partial charge in [0.15, 0.2) is 0 Å². The molecule has 3 heterocycles. The number of piperidine rings is 1. The van der Waals surface area contributed by atoms with E-state index < -0.39 is 0 Å². The fourth-order valence-electron chi connectivity index (χ4n) is 3.46. The van der Waals surface area contributed by atoms with E-state index in [9.17, 15) is 4.79 Å². The van der Waals surface area contributed by atoms with Crippen molar-refractivity contribution in [3.63, 3.8) is 0 Å². The van der Waals surface area contributed by atoms with Crippen LogP contribution < -0.4 is 4.74 Å². The first kappa shape index (κ1) is 16.2. The molecule has 0 N–H and O–H groups in total. The number of carbonyl (C=O) groups is 1. The van der Waals surface area contributed by atoms with Crippen molar-refractivity contribution in [3.05, 3.63) is 23.9 Å². The van der Waals surface area contributed by atoms with E-state index in [-0.39, 0.29) is 17.6 Å². The first-order valence-corrected chi connectivity index (χ1v) is 8.12. The van der Waals surface area contributed by atoms with E-state index in [0.29, 0.717) is 24.5 Å². The zero-order valence-corrected chi connectivity index (χ0v) is 13.8. The second-order valence-corrected chi connectivity index (χ2v) is 6.26. The quantitative estimate of drug-likeness (QED) is 0.851. The summed E-state index contributed by atoms with van der Waals surface area (Å²) in [5, 5.41) is 0. The van der Waals surface area contributed by atoms with Gasteiger partial charge in [0, 0.05) is 45.5 Å². The van der Waals surface area contributed by atoms with Gasteiger partial charge < -0.3 is 19.1 Å². The Morgan fingerprint density at radius 1 is 1.35 bits per heavy atom. The molecule has 23 heavy (non-hydrogen) atoms. The van der Waals surface area contributed by atoms with Crippen molar-refractivity contribution in [1.82, 2.24) is 9.88 Å². The standard InChI is InChI=1S/C17H24N2O4/c1-21-14-5-10-23-17(11-14)6-8-19(9-7-17)16(20)13-3-4-15(22-2)18-12-13/h3-4,12,14H,5-11H2,1-2H3. The van der Waals surface area contributed by atoms with Crippen LogP contribution in [-0.4, -0.2) is 61.4 Å². The maximum absolute atomic E-state index is 12.6. The van der Waals surface area contributed by atoms with Gasteiger partial charge in [-0.15, -0.1) is 0 Å². The molecule has 2 saturated heterocycles. The Balaban J connectivity index is 1.60. The van der Waals surface area contributed by atoms with Gasteiger partial charge in [0.25, 0.3) is 5.91 Å². The summed E-state index contributed by atoms with van der Waals surface area (Å²) >= 11 is 0. The molecular weight excluding hydrogens is 296 g/mol. The predicted molar refractivity (Wildman–Crippen MR) is 84.6 cm³/mol. The average molecular weight is 320 g/mol. The molecule has 0 aromatic carbocycles. The van der Waals surface area contributed by atoms with Crippen LogP contribution in [0, 0.1) is 0 Å². The van der Waals surface area contributed by atoms with Gasteiger partial charge in [-0.1, -0.05) is 0 Å². The van der Waals surface area contributed by atoms with Gasteiger partial charge in [0.1, 0.15) is 0 Å². The number of carbonyl (C=O) groups excluding carboxylic acids is 1. The monoisotopic (exact) mass is 320 g/mol. The third-order valence-corrected chi connectivity index (χ3v) is 4.94. The first-order valence-electron chi connectivity index (χ1n) is 8.12. The van der Waals surface area contributed by atoms with Crippen molar-refractivity contribution < 1.29 is 19.0 Å². The summed E-state index contributed by atoms with van der Waals surface area (Å²) in [5.41, 5.74) is 0.481. The highest BCUT2D eigenvalue weighted by Gasteiger charge is 2.41. The van der Waals surface area contributed by atoms with Crippen LogP contribution in [0.5, 0.6) is 5.88 Å². The van der Waals surface area contributed by atoms with Crippen LogP contribution in [0.4, 0.5) is 0 Å². The van der Waals surface area contributed by atoms with Crippen molar-refractivity contribution in [1.29, 1.82) is 0 Å². The molecule has 1 atom stereocenters. The molecule has 1 aromatic heterocycles. The zero-order chi connectivity index (χ0) is 16.3. The molecule has 6 nitrogen and oxygen atoms in total. The molecule has 1 aromatic rings.